The van der Waals surface area contributed by atoms with Crippen LogP contribution in [-0.4, -0.2) is 19.7 Å². The lowest BCUT2D eigenvalue weighted by Gasteiger charge is -2.00. The summed E-state index contributed by atoms with van der Waals surface area (Å²) >= 11 is 0. The van der Waals surface area contributed by atoms with Crippen molar-refractivity contribution in [3.05, 3.63) is 60.7 Å². The van der Waals surface area contributed by atoms with Crippen molar-refractivity contribution < 1.29 is 0 Å². The molecule has 0 aliphatic carbocycles. The number of hydrogen-bond donors (Lipinski definition) is 1. The van der Waals surface area contributed by atoms with Crippen molar-refractivity contribution in [2.75, 3.05) is 5.73 Å². The zero-order valence-electron chi connectivity index (χ0n) is 11.0. The summed E-state index contributed by atoms with van der Waals surface area (Å²) in [6.45, 7) is 0.779. The summed E-state index contributed by atoms with van der Waals surface area (Å²) in [6.07, 6.45) is 6.27. The normalized spacial score (nSPS) is 10.6. The van der Waals surface area contributed by atoms with E-state index in [2.05, 4.69) is 21.1 Å². The summed E-state index contributed by atoms with van der Waals surface area (Å²) in [5.74, 6) is 0.698. The van der Waals surface area contributed by atoms with Crippen molar-refractivity contribution in [1.29, 1.82) is 0 Å². The average molecular weight is 265 g/mol. The summed E-state index contributed by atoms with van der Waals surface area (Å²) in [7, 11) is 0. The predicted octanol–water partition coefficient (Wildman–Crippen LogP) is 2.17. The van der Waals surface area contributed by atoms with E-state index < -0.39 is 0 Å². The topological polar surface area (TPSA) is 69.6 Å². The van der Waals surface area contributed by atoms with Crippen LogP contribution in [0.1, 0.15) is 5.56 Å². The third kappa shape index (κ3) is 2.83. The highest BCUT2D eigenvalue weighted by Gasteiger charge is 2.04. The number of rotatable bonds is 4. The number of nitrogens with two attached hydrogens (primary N) is 1. The molecule has 0 aliphatic rings. The molecule has 100 valence electrons. The molecule has 0 fully saturated rings. The molecule has 5 heteroatoms. The summed E-state index contributed by atoms with van der Waals surface area (Å²) in [5, 5.41) is 4.47. The minimum atomic E-state index is 0.698. The zero-order chi connectivity index (χ0) is 13.8. The second kappa shape index (κ2) is 5.52. The van der Waals surface area contributed by atoms with Crippen LogP contribution < -0.4 is 5.73 Å². The van der Waals surface area contributed by atoms with Gasteiger partial charge in [0.2, 0.25) is 0 Å². The number of benzene rings is 1. The van der Waals surface area contributed by atoms with Crippen molar-refractivity contribution in [1.82, 2.24) is 19.7 Å². The van der Waals surface area contributed by atoms with Gasteiger partial charge in [-0.05, 0) is 30.2 Å². The van der Waals surface area contributed by atoms with Gasteiger partial charge in [-0.2, -0.15) is 5.10 Å². The number of pyridine rings is 1. The van der Waals surface area contributed by atoms with E-state index in [9.17, 15) is 0 Å². The number of hydrogen-bond acceptors (Lipinski definition) is 4. The van der Waals surface area contributed by atoms with Crippen LogP contribution in [0.5, 0.6) is 0 Å². The Bertz CT molecular complexity index is 690. The highest BCUT2D eigenvalue weighted by molar-refractivity contribution is 5.60. The van der Waals surface area contributed by atoms with E-state index in [-0.39, 0.29) is 0 Å². The van der Waals surface area contributed by atoms with Gasteiger partial charge >= 0.3 is 0 Å². The van der Waals surface area contributed by atoms with E-state index >= 15 is 0 Å². The van der Waals surface area contributed by atoms with Crippen LogP contribution in [0.4, 0.5) is 5.69 Å². The summed E-state index contributed by atoms with van der Waals surface area (Å²) < 4.78 is 1.84. The van der Waals surface area contributed by atoms with Gasteiger partial charge in [0.15, 0.2) is 5.82 Å². The molecular formula is C15H15N5. The lowest BCUT2D eigenvalue weighted by atomic mass is 10.2. The Kier molecular flexibility index (Phi) is 3.41. The van der Waals surface area contributed by atoms with Gasteiger partial charge in [0.25, 0.3) is 0 Å². The fraction of sp³-hybridized carbons (Fsp3) is 0.133. The Morgan fingerprint density at radius 2 is 2.10 bits per heavy atom. The Labute approximate surface area is 117 Å². The van der Waals surface area contributed by atoms with Crippen molar-refractivity contribution in [3.63, 3.8) is 0 Å². The summed E-state index contributed by atoms with van der Waals surface area (Å²) in [6, 6.07) is 11.6. The monoisotopic (exact) mass is 265 g/mol. The quantitative estimate of drug-likeness (QED) is 0.734. The lowest BCUT2D eigenvalue weighted by Crippen LogP contribution is -2.02. The molecule has 0 aliphatic heterocycles. The number of nitrogens with zero attached hydrogens (tertiary/aromatic N) is 4. The molecule has 0 spiro atoms. The molecule has 2 heterocycles. The molecule has 1 aromatic carbocycles. The third-order valence-electron chi connectivity index (χ3n) is 3.03. The van der Waals surface area contributed by atoms with Crippen molar-refractivity contribution in [2.45, 2.75) is 13.0 Å². The van der Waals surface area contributed by atoms with Crippen LogP contribution in [0.2, 0.25) is 0 Å². The highest BCUT2D eigenvalue weighted by atomic mass is 15.3. The number of aromatic nitrogens is 4. The van der Waals surface area contributed by atoms with Gasteiger partial charge in [0.1, 0.15) is 6.33 Å². The minimum Gasteiger partial charge on any atom is -0.399 e. The molecule has 20 heavy (non-hydrogen) atoms. The second-order valence-electron chi connectivity index (χ2n) is 4.57. The van der Waals surface area contributed by atoms with E-state index in [1.807, 2.05) is 41.2 Å². The Morgan fingerprint density at radius 3 is 2.90 bits per heavy atom. The fourth-order valence-corrected chi connectivity index (χ4v) is 2.00. The second-order valence-corrected chi connectivity index (χ2v) is 4.57. The minimum absolute atomic E-state index is 0.698. The van der Waals surface area contributed by atoms with Gasteiger partial charge in [-0.1, -0.05) is 18.2 Å². The fourth-order valence-electron chi connectivity index (χ4n) is 2.00. The van der Waals surface area contributed by atoms with Gasteiger partial charge < -0.3 is 5.73 Å². The van der Waals surface area contributed by atoms with Crippen LogP contribution in [0.3, 0.4) is 0 Å². The first kappa shape index (κ1) is 12.3. The smallest absolute Gasteiger partial charge is 0.181 e. The maximum Gasteiger partial charge on any atom is 0.181 e. The van der Waals surface area contributed by atoms with Crippen LogP contribution >= 0.6 is 0 Å². The maximum absolute atomic E-state index is 5.77. The Morgan fingerprint density at radius 1 is 1.15 bits per heavy atom. The molecule has 5 nitrogen and oxygen atoms in total. The van der Waals surface area contributed by atoms with Crippen LogP contribution in [-0.2, 0) is 13.0 Å². The van der Waals surface area contributed by atoms with E-state index in [0.717, 1.165) is 18.5 Å². The molecule has 2 N–H and O–H groups in total. The maximum atomic E-state index is 5.77. The molecule has 0 amide bonds. The number of anilines is 1. The van der Waals surface area contributed by atoms with Gasteiger partial charge in [-0.15, -0.1) is 0 Å². The van der Waals surface area contributed by atoms with Gasteiger partial charge in [0, 0.05) is 30.2 Å². The molecule has 0 unspecified atom stereocenters. The molecule has 0 saturated carbocycles. The van der Waals surface area contributed by atoms with E-state index in [1.165, 1.54) is 5.56 Å². The van der Waals surface area contributed by atoms with E-state index in [0.29, 0.717) is 11.5 Å². The van der Waals surface area contributed by atoms with Crippen molar-refractivity contribution in [3.8, 4) is 11.4 Å². The van der Waals surface area contributed by atoms with Crippen LogP contribution in [0.25, 0.3) is 11.4 Å². The largest absolute Gasteiger partial charge is 0.399 e. The zero-order valence-corrected chi connectivity index (χ0v) is 11.0. The van der Waals surface area contributed by atoms with E-state index in [1.54, 1.807) is 12.5 Å². The summed E-state index contributed by atoms with van der Waals surface area (Å²) in [5.41, 5.74) is 8.61. The Balaban J connectivity index is 1.71. The summed E-state index contributed by atoms with van der Waals surface area (Å²) in [4.78, 5) is 8.42. The standard InChI is InChI=1S/C15H15N5/c16-14-5-1-4-13(9-14)15-18-11-20(19-15)8-6-12-3-2-7-17-10-12/h1-5,7,9-11H,6,8,16H2. The molecule has 0 atom stereocenters. The van der Waals surface area contributed by atoms with Crippen molar-refractivity contribution in [2.24, 2.45) is 0 Å². The molecule has 3 rings (SSSR count). The first-order valence-electron chi connectivity index (χ1n) is 6.45. The molecular weight excluding hydrogens is 250 g/mol. The first-order valence-corrected chi connectivity index (χ1v) is 6.45. The number of nitrogen functional groups attached to an aromatic ring is 1. The number of aryl methyl sites for hydroxylation is 2. The van der Waals surface area contributed by atoms with Gasteiger partial charge in [0.05, 0.1) is 0 Å². The average Bonchev–Trinajstić information content (AvgIpc) is 2.95. The highest BCUT2D eigenvalue weighted by Crippen LogP contribution is 2.16. The SMILES string of the molecule is Nc1cccc(-c2ncn(CCc3cccnc3)n2)c1. The predicted molar refractivity (Wildman–Crippen MR) is 77.8 cm³/mol. The van der Waals surface area contributed by atoms with Gasteiger partial charge in [-0.25, -0.2) is 4.98 Å². The van der Waals surface area contributed by atoms with Gasteiger partial charge in [-0.3, -0.25) is 9.67 Å². The van der Waals surface area contributed by atoms with E-state index in [4.69, 9.17) is 5.73 Å². The first-order chi connectivity index (χ1) is 9.81. The van der Waals surface area contributed by atoms with Crippen LogP contribution in [0.15, 0.2) is 55.1 Å². The molecule has 0 radical (unpaired) electrons. The molecule has 3 aromatic rings. The third-order valence-corrected chi connectivity index (χ3v) is 3.03. The Hall–Kier alpha value is -2.69. The van der Waals surface area contributed by atoms with Crippen LogP contribution in [0, 0.1) is 0 Å². The molecule has 0 saturated heterocycles. The lowest BCUT2D eigenvalue weighted by molar-refractivity contribution is 0.614. The van der Waals surface area contributed by atoms with Crippen molar-refractivity contribution >= 4 is 5.69 Å². The molecule has 0 bridgehead atoms. The molecule has 2 aromatic heterocycles.